The number of amides is 2. The molecular formula is C22H17ClF2N4O4. The fourth-order valence-electron chi connectivity index (χ4n) is 4.25. The number of aromatic amines is 1. The van der Waals surface area contributed by atoms with Crippen LogP contribution < -0.4 is 15.4 Å². The minimum absolute atomic E-state index is 0.154. The van der Waals surface area contributed by atoms with E-state index in [1.54, 1.807) is 24.4 Å². The van der Waals surface area contributed by atoms with Gasteiger partial charge in [0.05, 0.1) is 12.3 Å². The summed E-state index contributed by atoms with van der Waals surface area (Å²) < 4.78 is 35.4. The average Bonchev–Trinajstić information content (AvgIpc) is 3.51. The summed E-state index contributed by atoms with van der Waals surface area (Å²) in [7, 11) is 0. The molecule has 3 aromatic rings. The lowest BCUT2D eigenvalue weighted by molar-refractivity contribution is -0.120. The van der Waals surface area contributed by atoms with Crippen molar-refractivity contribution < 1.29 is 27.8 Å². The van der Waals surface area contributed by atoms with E-state index < -0.39 is 16.9 Å². The van der Waals surface area contributed by atoms with Gasteiger partial charge >= 0.3 is 5.57 Å². The van der Waals surface area contributed by atoms with E-state index in [1.807, 2.05) is 0 Å². The largest absolute Gasteiger partial charge is 0.487 e. The summed E-state index contributed by atoms with van der Waals surface area (Å²) in [6.07, 6.45) is 2.12. The van der Waals surface area contributed by atoms with E-state index in [0.717, 1.165) is 5.56 Å². The van der Waals surface area contributed by atoms with Crippen LogP contribution in [-0.2, 0) is 14.9 Å². The van der Waals surface area contributed by atoms with Crippen LogP contribution in [0.4, 0.5) is 20.2 Å². The van der Waals surface area contributed by atoms with Gasteiger partial charge in [-0.25, -0.2) is 0 Å². The molecular weight excluding hydrogens is 458 g/mol. The second-order valence-electron chi connectivity index (χ2n) is 7.78. The van der Waals surface area contributed by atoms with Crippen molar-refractivity contribution in [2.24, 2.45) is 0 Å². The number of fused-ring (bicyclic) bond motifs is 2. The zero-order valence-electron chi connectivity index (χ0n) is 17.0. The number of H-pyrrole nitrogens is 1. The van der Waals surface area contributed by atoms with Gasteiger partial charge in [-0.2, -0.15) is 5.10 Å². The molecule has 1 fully saturated rings. The lowest BCUT2D eigenvalue weighted by Crippen LogP contribution is -2.35. The molecule has 2 aliphatic heterocycles. The Bertz CT molecular complexity index is 1220. The first-order chi connectivity index (χ1) is 15.7. The van der Waals surface area contributed by atoms with Crippen LogP contribution in [0, 0.1) is 0 Å². The second-order valence-corrected chi connectivity index (χ2v) is 8.22. The van der Waals surface area contributed by atoms with Crippen LogP contribution in [0.3, 0.4) is 0 Å². The number of aromatic nitrogens is 2. The zero-order chi connectivity index (χ0) is 23.2. The number of benzene rings is 2. The molecule has 1 aromatic heterocycles. The molecule has 170 valence electrons. The van der Waals surface area contributed by atoms with Gasteiger partial charge < -0.3 is 20.1 Å². The SMILES string of the molecule is O=C(Nc1ccc(OC(F)(F)Cl)cc1)c1cc2c(c(-c3ccn[nH]3)c1)C1(CCOC1)C(=O)N2. The van der Waals surface area contributed by atoms with E-state index in [4.69, 9.17) is 16.3 Å². The van der Waals surface area contributed by atoms with Gasteiger partial charge in [0.1, 0.15) is 11.2 Å². The summed E-state index contributed by atoms with van der Waals surface area (Å²) in [5.41, 5.74) is -1.35. The van der Waals surface area contributed by atoms with Crippen molar-refractivity contribution in [1.29, 1.82) is 0 Å². The lowest BCUT2D eigenvalue weighted by atomic mass is 9.77. The Hall–Kier alpha value is -3.50. The highest BCUT2D eigenvalue weighted by Gasteiger charge is 2.51. The molecule has 33 heavy (non-hydrogen) atoms. The number of rotatable bonds is 5. The molecule has 0 bridgehead atoms. The van der Waals surface area contributed by atoms with E-state index in [-0.39, 0.29) is 18.3 Å². The maximum absolute atomic E-state index is 13.0. The number of alkyl halides is 3. The van der Waals surface area contributed by atoms with Gasteiger partial charge in [-0.05, 0) is 48.9 Å². The topological polar surface area (TPSA) is 105 Å². The van der Waals surface area contributed by atoms with Crippen LogP contribution >= 0.6 is 11.6 Å². The third-order valence-corrected chi connectivity index (χ3v) is 5.80. The van der Waals surface area contributed by atoms with Gasteiger partial charge in [-0.1, -0.05) is 0 Å². The molecule has 8 nitrogen and oxygen atoms in total. The minimum Gasteiger partial charge on any atom is -0.420 e. The van der Waals surface area contributed by atoms with Crippen molar-refractivity contribution >= 4 is 34.8 Å². The molecule has 2 amide bonds. The standard InChI is InChI=1S/C22H17ClF2N4O4/c23-22(24,25)33-14-3-1-13(2-4-14)27-19(30)12-9-15(16-5-7-26-29-16)18-17(10-12)28-20(31)21(18)6-8-32-11-21/h1-5,7,9-10H,6,8,11H2,(H,26,29)(H,27,30)(H,28,31). The Morgan fingerprint density at radius 2 is 2.03 bits per heavy atom. The molecule has 0 aliphatic carbocycles. The molecule has 0 saturated carbocycles. The highest BCUT2D eigenvalue weighted by molar-refractivity contribution is 6.20. The lowest BCUT2D eigenvalue weighted by Gasteiger charge is -2.22. The van der Waals surface area contributed by atoms with Crippen LogP contribution in [0.5, 0.6) is 5.75 Å². The molecule has 3 heterocycles. The van der Waals surface area contributed by atoms with Crippen molar-refractivity contribution in [2.75, 3.05) is 23.8 Å². The van der Waals surface area contributed by atoms with Gasteiger partial charge in [0.25, 0.3) is 5.91 Å². The Balaban J connectivity index is 1.47. The average molecular weight is 475 g/mol. The summed E-state index contributed by atoms with van der Waals surface area (Å²) in [5.74, 6) is -0.772. The quantitative estimate of drug-likeness (QED) is 0.483. The van der Waals surface area contributed by atoms with Crippen LogP contribution in [-0.4, -0.2) is 40.8 Å². The van der Waals surface area contributed by atoms with Crippen molar-refractivity contribution in [2.45, 2.75) is 17.4 Å². The van der Waals surface area contributed by atoms with E-state index in [9.17, 15) is 18.4 Å². The number of nitrogens with zero attached hydrogens (tertiary/aromatic N) is 1. The van der Waals surface area contributed by atoms with Crippen LogP contribution in [0.15, 0.2) is 48.7 Å². The molecule has 0 radical (unpaired) electrons. The van der Waals surface area contributed by atoms with E-state index in [2.05, 4.69) is 25.6 Å². The highest BCUT2D eigenvalue weighted by Crippen LogP contribution is 2.48. The molecule has 1 atom stereocenters. The Labute approximate surface area is 191 Å². The third-order valence-electron chi connectivity index (χ3n) is 5.72. The van der Waals surface area contributed by atoms with Gasteiger partial charge in [-0.15, -0.1) is 8.78 Å². The fraction of sp³-hybridized carbons (Fsp3) is 0.227. The maximum atomic E-state index is 13.0. The minimum atomic E-state index is -3.83. The molecule has 11 heteroatoms. The molecule has 1 unspecified atom stereocenters. The zero-order valence-corrected chi connectivity index (χ0v) is 17.7. The van der Waals surface area contributed by atoms with E-state index >= 15 is 0 Å². The number of carbonyl (C=O) groups is 2. The van der Waals surface area contributed by atoms with Crippen LogP contribution in [0.2, 0.25) is 0 Å². The van der Waals surface area contributed by atoms with Crippen molar-refractivity contribution in [1.82, 2.24) is 10.2 Å². The first-order valence-corrected chi connectivity index (χ1v) is 10.4. The molecule has 5 rings (SSSR count). The van der Waals surface area contributed by atoms with Crippen molar-refractivity contribution in [3.8, 4) is 17.0 Å². The number of nitrogens with one attached hydrogen (secondary N) is 3. The number of halogens is 3. The Kier molecular flexibility index (Phi) is 5.06. The van der Waals surface area contributed by atoms with E-state index in [0.29, 0.717) is 41.2 Å². The normalized spacial score (nSPS) is 19.4. The van der Waals surface area contributed by atoms with Crippen molar-refractivity contribution in [3.05, 3.63) is 59.8 Å². The van der Waals surface area contributed by atoms with Gasteiger partial charge in [0.15, 0.2) is 0 Å². The molecule has 1 spiro atoms. The predicted octanol–water partition coefficient (Wildman–Crippen LogP) is 4.11. The van der Waals surface area contributed by atoms with Crippen LogP contribution in [0.25, 0.3) is 11.3 Å². The Morgan fingerprint density at radius 3 is 2.67 bits per heavy atom. The fourth-order valence-corrected chi connectivity index (χ4v) is 4.33. The van der Waals surface area contributed by atoms with E-state index in [1.165, 1.54) is 24.3 Å². The molecule has 1 saturated heterocycles. The molecule has 2 aromatic carbocycles. The predicted molar refractivity (Wildman–Crippen MR) is 116 cm³/mol. The number of ether oxygens (including phenoxy) is 2. The first kappa shape index (κ1) is 21.4. The summed E-state index contributed by atoms with van der Waals surface area (Å²) in [6, 6.07) is 10.4. The summed E-state index contributed by atoms with van der Waals surface area (Å²) in [5, 5.41) is 12.5. The number of carbonyl (C=O) groups excluding carboxylic acids is 2. The molecule has 2 aliphatic rings. The number of hydrogen-bond acceptors (Lipinski definition) is 5. The van der Waals surface area contributed by atoms with Gasteiger partial charge in [0.2, 0.25) is 5.91 Å². The second kappa shape index (κ2) is 7.82. The maximum Gasteiger partial charge on any atom is 0.487 e. The summed E-state index contributed by atoms with van der Waals surface area (Å²) >= 11 is 4.76. The van der Waals surface area contributed by atoms with Crippen molar-refractivity contribution in [3.63, 3.8) is 0 Å². The number of anilines is 2. The monoisotopic (exact) mass is 474 g/mol. The summed E-state index contributed by atoms with van der Waals surface area (Å²) in [4.78, 5) is 25.9. The van der Waals surface area contributed by atoms with Gasteiger partial charge in [-0.3, -0.25) is 14.7 Å². The van der Waals surface area contributed by atoms with Crippen LogP contribution in [0.1, 0.15) is 22.3 Å². The smallest absolute Gasteiger partial charge is 0.420 e. The first-order valence-electron chi connectivity index (χ1n) is 10.00. The molecule has 3 N–H and O–H groups in total. The van der Waals surface area contributed by atoms with Gasteiger partial charge in [0, 0.05) is 52.5 Å². The number of hydrogen-bond donors (Lipinski definition) is 3. The highest BCUT2D eigenvalue weighted by atomic mass is 35.5. The third kappa shape index (κ3) is 3.91. The summed E-state index contributed by atoms with van der Waals surface area (Å²) in [6.45, 7) is 0.723. The Morgan fingerprint density at radius 1 is 1.24 bits per heavy atom.